The van der Waals surface area contributed by atoms with Crippen LogP contribution in [-0.2, 0) is 0 Å². The largest absolute Gasteiger partial charge is 0.325 e. The standard InChI is InChI=1S/C23H12Br2Cl2N4OS2/c24-12-1-5-14(6-2-12)28-22-29-20-19(21(32)31(22)15-7-3-13(25)4-8-15)34-23(33)30(20)16-9-10-17(26)18(27)11-16/h1-11H,(H,28,29). The minimum absolute atomic E-state index is 0.234. The first-order chi connectivity index (χ1) is 16.3. The first-order valence-corrected chi connectivity index (χ1v) is 13.3. The fourth-order valence-corrected chi connectivity index (χ4v) is 5.51. The van der Waals surface area contributed by atoms with E-state index in [9.17, 15) is 4.79 Å². The van der Waals surface area contributed by atoms with Crippen LogP contribution in [0.4, 0.5) is 11.6 Å². The fraction of sp³-hybridized carbons (Fsp3) is 0. The summed E-state index contributed by atoms with van der Waals surface area (Å²) in [6.45, 7) is 0. The highest BCUT2D eigenvalue weighted by Crippen LogP contribution is 2.30. The van der Waals surface area contributed by atoms with Crippen molar-refractivity contribution in [3.05, 3.63) is 100 Å². The van der Waals surface area contributed by atoms with Crippen LogP contribution in [0, 0.1) is 3.95 Å². The molecule has 0 radical (unpaired) electrons. The highest BCUT2D eigenvalue weighted by molar-refractivity contribution is 9.10. The van der Waals surface area contributed by atoms with Crippen molar-refractivity contribution in [1.29, 1.82) is 0 Å². The van der Waals surface area contributed by atoms with E-state index in [4.69, 9.17) is 40.4 Å². The highest BCUT2D eigenvalue weighted by Gasteiger charge is 2.19. The minimum atomic E-state index is -0.234. The minimum Gasteiger partial charge on any atom is -0.325 e. The molecule has 3 aromatic carbocycles. The van der Waals surface area contributed by atoms with E-state index in [1.807, 2.05) is 48.5 Å². The van der Waals surface area contributed by atoms with Crippen molar-refractivity contribution in [3.8, 4) is 11.4 Å². The Bertz CT molecular complexity index is 1660. The van der Waals surface area contributed by atoms with Crippen LogP contribution in [0.3, 0.4) is 0 Å². The molecule has 0 aliphatic rings. The molecule has 0 saturated heterocycles. The lowest BCUT2D eigenvalue weighted by Gasteiger charge is -2.15. The number of nitrogens with zero attached hydrogens (tertiary/aromatic N) is 3. The van der Waals surface area contributed by atoms with Crippen molar-refractivity contribution in [2.75, 3.05) is 5.32 Å². The molecule has 0 saturated carbocycles. The fourth-order valence-electron chi connectivity index (χ4n) is 3.38. The molecule has 1 N–H and O–H groups in total. The number of aromatic nitrogens is 3. The van der Waals surface area contributed by atoms with Gasteiger partial charge >= 0.3 is 0 Å². The zero-order valence-electron chi connectivity index (χ0n) is 16.9. The number of thiazole rings is 1. The second-order valence-corrected chi connectivity index (χ2v) is 11.4. The van der Waals surface area contributed by atoms with Gasteiger partial charge in [-0.15, -0.1) is 0 Å². The molecule has 2 aromatic heterocycles. The van der Waals surface area contributed by atoms with E-state index in [1.54, 1.807) is 27.3 Å². The highest BCUT2D eigenvalue weighted by atomic mass is 79.9. The molecule has 0 spiro atoms. The number of halogens is 4. The maximum Gasteiger partial charge on any atom is 0.279 e. The molecule has 11 heteroatoms. The quantitative estimate of drug-likeness (QED) is 0.197. The van der Waals surface area contributed by atoms with Crippen LogP contribution in [0.2, 0.25) is 10.0 Å². The first kappa shape index (κ1) is 23.7. The van der Waals surface area contributed by atoms with Gasteiger partial charge in [0.05, 0.1) is 21.4 Å². The van der Waals surface area contributed by atoms with Gasteiger partial charge in [-0.25, -0.2) is 4.57 Å². The Morgan fingerprint density at radius 2 is 1.47 bits per heavy atom. The van der Waals surface area contributed by atoms with Gasteiger partial charge in [0.1, 0.15) is 4.70 Å². The summed E-state index contributed by atoms with van der Waals surface area (Å²) >= 11 is 26.1. The van der Waals surface area contributed by atoms with Crippen molar-refractivity contribution >= 4 is 101 Å². The smallest absolute Gasteiger partial charge is 0.279 e. The lowest BCUT2D eigenvalue weighted by molar-refractivity contribution is 0.960. The maximum atomic E-state index is 13.8. The van der Waals surface area contributed by atoms with Crippen LogP contribution >= 0.6 is 78.6 Å². The van der Waals surface area contributed by atoms with Gasteiger partial charge in [-0.3, -0.25) is 9.36 Å². The van der Waals surface area contributed by atoms with Crippen LogP contribution in [-0.4, -0.2) is 14.1 Å². The maximum absolute atomic E-state index is 13.8. The molecule has 0 amide bonds. The average Bonchev–Trinajstić information content (AvgIpc) is 3.14. The van der Waals surface area contributed by atoms with Crippen molar-refractivity contribution in [2.24, 2.45) is 0 Å². The van der Waals surface area contributed by atoms with E-state index in [1.165, 1.54) is 11.3 Å². The average molecular weight is 655 g/mol. The van der Waals surface area contributed by atoms with E-state index in [0.717, 1.165) is 14.6 Å². The molecule has 2 heterocycles. The van der Waals surface area contributed by atoms with E-state index in [-0.39, 0.29) is 5.56 Å². The van der Waals surface area contributed by atoms with Crippen molar-refractivity contribution in [2.45, 2.75) is 0 Å². The second-order valence-electron chi connectivity index (χ2n) is 7.14. The summed E-state index contributed by atoms with van der Waals surface area (Å²) in [6.07, 6.45) is 0. The lowest BCUT2D eigenvalue weighted by atomic mass is 10.3. The monoisotopic (exact) mass is 652 g/mol. The number of hydrogen-bond donors (Lipinski definition) is 1. The molecule has 0 fully saturated rings. The van der Waals surface area contributed by atoms with E-state index < -0.39 is 0 Å². The molecule has 5 nitrogen and oxygen atoms in total. The predicted molar refractivity (Wildman–Crippen MR) is 151 cm³/mol. The van der Waals surface area contributed by atoms with Crippen LogP contribution in [0.5, 0.6) is 0 Å². The van der Waals surface area contributed by atoms with Crippen molar-refractivity contribution in [3.63, 3.8) is 0 Å². The number of anilines is 2. The number of benzene rings is 3. The summed E-state index contributed by atoms with van der Waals surface area (Å²) in [6, 6.07) is 20.2. The molecule has 170 valence electrons. The van der Waals surface area contributed by atoms with E-state index in [2.05, 4.69) is 37.2 Å². The van der Waals surface area contributed by atoms with Gasteiger partial charge in [-0.2, -0.15) is 4.98 Å². The summed E-state index contributed by atoms with van der Waals surface area (Å²) < 4.78 is 6.03. The summed E-state index contributed by atoms with van der Waals surface area (Å²) in [5.74, 6) is 0.351. The molecule has 0 atom stereocenters. The van der Waals surface area contributed by atoms with E-state index in [0.29, 0.717) is 41.7 Å². The zero-order chi connectivity index (χ0) is 24.0. The summed E-state index contributed by atoms with van der Waals surface area (Å²) in [5.41, 5.74) is 2.32. The predicted octanol–water partition coefficient (Wildman–Crippen LogP) is 8.54. The lowest BCUT2D eigenvalue weighted by Crippen LogP contribution is -2.22. The van der Waals surface area contributed by atoms with Crippen LogP contribution in [0.15, 0.2) is 80.5 Å². The summed E-state index contributed by atoms with van der Waals surface area (Å²) in [4.78, 5) is 18.6. The Balaban J connectivity index is 1.79. The van der Waals surface area contributed by atoms with Gasteiger partial charge in [-0.05, 0) is 78.9 Å². The molecule has 0 aliphatic carbocycles. The number of fused-ring (bicyclic) bond motifs is 1. The Morgan fingerprint density at radius 3 is 2.12 bits per heavy atom. The Hall–Kier alpha value is -2.01. The van der Waals surface area contributed by atoms with Gasteiger partial charge in [0.25, 0.3) is 5.56 Å². The molecular weight excluding hydrogens is 643 g/mol. The summed E-state index contributed by atoms with van der Waals surface area (Å²) in [5, 5.41) is 4.10. The third-order valence-corrected chi connectivity index (χ3v) is 8.10. The van der Waals surface area contributed by atoms with E-state index >= 15 is 0 Å². The normalized spacial score (nSPS) is 11.2. The Kier molecular flexibility index (Phi) is 6.67. The van der Waals surface area contributed by atoms with Crippen molar-refractivity contribution < 1.29 is 0 Å². The Morgan fingerprint density at radius 1 is 0.853 bits per heavy atom. The number of hydrogen-bond acceptors (Lipinski definition) is 5. The van der Waals surface area contributed by atoms with Crippen LogP contribution < -0.4 is 10.9 Å². The molecule has 0 unspecified atom stereocenters. The number of nitrogens with one attached hydrogen (secondary N) is 1. The third-order valence-electron chi connectivity index (χ3n) is 4.95. The van der Waals surface area contributed by atoms with Gasteiger partial charge in [0.2, 0.25) is 5.95 Å². The molecule has 0 bridgehead atoms. The Labute approximate surface area is 229 Å². The molecule has 0 aliphatic heterocycles. The third kappa shape index (κ3) is 4.48. The van der Waals surface area contributed by atoms with Gasteiger partial charge in [0, 0.05) is 14.6 Å². The first-order valence-electron chi connectivity index (χ1n) is 9.74. The molecule has 5 aromatic rings. The van der Waals surface area contributed by atoms with Crippen LogP contribution in [0.1, 0.15) is 0 Å². The summed E-state index contributed by atoms with van der Waals surface area (Å²) in [7, 11) is 0. The van der Waals surface area contributed by atoms with Crippen LogP contribution in [0.25, 0.3) is 21.7 Å². The van der Waals surface area contributed by atoms with Gasteiger partial charge in [0.15, 0.2) is 9.60 Å². The van der Waals surface area contributed by atoms with Crippen molar-refractivity contribution in [1.82, 2.24) is 14.1 Å². The second kappa shape index (κ2) is 9.56. The van der Waals surface area contributed by atoms with Gasteiger partial charge in [-0.1, -0.05) is 66.4 Å². The molecule has 34 heavy (non-hydrogen) atoms. The molecular formula is C23H12Br2Cl2N4OS2. The van der Waals surface area contributed by atoms with Gasteiger partial charge < -0.3 is 5.32 Å². The topological polar surface area (TPSA) is 51.9 Å². The number of rotatable bonds is 4. The zero-order valence-corrected chi connectivity index (χ0v) is 23.2. The SMILES string of the molecule is O=c1c2sc(=S)n(-c3ccc(Cl)c(Cl)c3)c2nc(Nc2ccc(Br)cc2)n1-c1ccc(Br)cc1. The molecule has 5 rings (SSSR count).